The van der Waals surface area contributed by atoms with Crippen molar-refractivity contribution in [1.29, 1.82) is 0 Å². The lowest BCUT2D eigenvalue weighted by Crippen LogP contribution is -2.17. The van der Waals surface area contributed by atoms with Crippen LogP contribution < -0.4 is 0 Å². The fourth-order valence-electron chi connectivity index (χ4n) is 1.43. The Labute approximate surface area is 87.9 Å². The summed E-state index contributed by atoms with van der Waals surface area (Å²) in [4.78, 5) is 22.6. The Kier molecular flexibility index (Phi) is 2.34. The van der Waals surface area contributed by atoms with Gasteiger partial charge >= 0.3 is 0 Å². The van der Waals surface area contributed by atoms with Crippen LogP contribution in [0.1, 0.15) is 15.9 Å². The summed E-state index contributed by atoms with van der Waals surface area (Å²) in [5.74, 6) is -1.25. The number of benzene rings is 1. The molecule has 5 heteroatoms. The third kappa shape index (κ3) is 1.55. The van der Waals surface area contributed by atoms with Crippen molar-refractivity contribution in [3.05, 3.63) is 35.4 Å². The number of carbonyl (C=O) groups is 2. The molecule has 0 amide bonds. The van der Waals surface area contributed by atoms with Crippen molar-refractivity contribution in [2.45, 2.75) is 4.90 Å². The quantitative estimate of drug-likeness (QED) is 0.569. The summed E-state index contributed by atoms with van der Waals surface area (Å²) in [5.41, 5.74) is 0.533. The van der Waals surface area contributed by atoms with E-state index < -0.39 is 22.6 Å². The van der Waals surface area contributed by atoms with Gasteiger partial charge in [-0.1, -0.05) is 12.1 Å². The minimum atomic E-state index is -2.16. The molecule has 1 aromatic carbocycles. The van der Waals surface area contributed by atoms with Crippen LogP contribution in [0.5, 0.6) is 0 Å². The molecule has 0 heterocycles. The normalized spacial score (nSPS) is 16.3. The van der Waals surface area contributed by atoms with E-state index in [1.165, 1.54) is 24.3 Å². The second-order valence-corrected chi connectivity index (χ2v) is 3.93. The monoisotopic (exact) mass is 222 g/mol. The van der Waals surface area contributed by atoms with E-state index in [0.29, 0.717) is 5.56 Å². The molecule has 0 spiro atoms. The summed E-state index contributed by atoms with van der Waals surface area (Å²) >= 11 is -2.16. The zero-order chi connectivity index (χ0) is 11.0. The molecule has 0 aliphatic heterocycles. The molecule has 15 heavy (non-hydrogen) atoms. The molecule has 1 aromatic rings. The van der Waals surface area contributed by atoms with Gasteiger partial charge in [0.15, 0.2) is 11.1 Å². The lowest BCUT2D eigenvalue weighted by atomic mass is 9.95. The van der Waals surface area contributed by atoms with Gasteiger partial charge in [0, 0.05) is 11.1 Å². The van der Waals surface area contributed by atoms with Crippen molar-refractivity contribution in [2.24, 2.45) is 0 Å². The second-order valence-electron chi connectivity index (χ2n) is 2.99. The van der Waals surface area contributed by atoms with Crippen molar-refractivity contribution in [3.63, 3.8) is 0 Å². The summed E-state index contributed by atoms with van der Waals surface area (Å²) in [6, 6.07) is 4.39. The Morgan fingerprint density at radius 1 is 1.13 bits per heavy atom. The van der Waals surface area contributed by atoms with Gasteiger partial charge in [0.05, 0.1) is 4.90 Å². The minimum absolute atomic E-state index is 0.143. The largest absolute Gasteiger partial charge is 0.302 e. The van der Waals surface area contributed by atoms with Crippen LogP contribution in [0.4, 0.5) is 0 Å². The van der Waals surface area contributed by atoms with Crippen LogP contribution in [0.15, 0.2) is 29.2 Å². The summed E-state index contributed by atoms with van der Waals surface area (Å²) in [6.45, 7) is 0. The highest BCUT2D eigenvalue weighted by atomic mass is 32.2. The van der Waals surface area contributed by atoms with Crippen molar-refractivity contribution >= 4 is 28.7 Å². The van der Waals surface area contributed by atoms with E-state index in [-0.39, 0.29) is 10.5 Å². The van der Waals surface area contributed by atoms with Crippen LogP contribution in [0.25, 0.3) is 6.08 Å². The topological polar surface area (TPSA) is 71.4 Å². The first-order valence-electron chi connectivity index (χ1n) is 4.12. The van der Waals surface area contributed by atoms with Crippen molar-refractivity contribution < 1.29 is 18.4 Å². The van der Waals surface area contributed by atoms with E-state index >= 15 is 0 Å². The first kappa shape index (κ1) is 9.95. The highest BCUT2D eigenvalue weighted by molar-refractivity contribution is 7.79. The van der Waals surface area contributed by atoms with Gasteiger partial charge in [-0.05, 0) is 18.2 Å². The molecule has 0 saturated carbocycles. The number of hydrogen-bond donors (Lipinski definition) is 1. The van der Waals surface area contributed by atoms with Crippen molar-refractivity contribution in [2.75, 3.05) is 0 Å². The smallest absolute Gasteiger partial charge is 0.233 e. The predicted octanol–water partition coefficient (Wildman–Crippen LogP) is 1.05. The predicted molar refractivity (Wildman–Crippen MR) is 53.9 cm³/mol. The van der Waals surface area contributed by atoms with Gasteiger partial charge in [0.2, 0.25) is 11.6 Å². The Morgan fingerprint density at radius 3 is 2.53 bits per heavy atom. The molecule has 0 fully saturated rings. The maximum atomic E-state index is 11.4. The summed E-state index contributed by atoms with van der Waals surface area (Å²) < 4.78 is 19.9. The molecular weight excluding hydrogens is 216 g/mol. The summed E-state index contributed by atoms with van der Waals surface area (Å²) in [6.07, 6.45) is 2.50. The van der Waals surface area contributed by atoms with E-state index in [1.807, 2.05) is 0 Å². The number of allylic oxidation sites excluding steroid dienone is 1. The highest BCUT2D eigenvalue weighted by Gasteiger charge is 2.23. The van der Waals surface area contributed by atoms with Crippen LogP contribution in [0, 0.1) is 0 Å². The number of rotatable bonds is 1. The first-order valence-corrected chi connectivity index (χ1v) is 5.22. The molecule has 1 unspecified atom stereocenters. The molecule has 0 saturated heterocycles. The van der Waals surface area contributed by atoms with Gasteiger partial charge in [-0.25, -0.2) is 4.21 Å². The van der Waals surface area contributed by atoms with E-state index in [1.54, 1.807) is 0 Å². The Hall–Kier alpha value is -1.59. The number of ketones is 2. The first-order chi connectivity index (χ1) is 7.11. The van der Waals surface area contributed by atoms with Gasteiger partial charge in [-0.15, -0.1) is 0 Å². The molecule has 2 rings (SSSR count). The summed E-state index contributed by atoms with van der Waals surface area (Å²) in [5, 5.41) is 0. The summed E-state index contributed by atoms with van der Waals surface area (Å²) in [7, 11) is 0. The van der Waals surface area contributed by atoms with E-state index in [4.69, 9.17) is 4.55 Å². The second kappa shape index (κ2) is 3.52. The standard InChI is InChI=1S/C10H6O4S/c11-8-5-4-6-7(10(8)12)2-1-3-9(6)15(13)14/h1-5H,(H,13,14). The number of fused-ring (bicyclic) bond motifs is 1. The average Bonchev–Trinajstić information content (AvgIpc) is 2.23. The van der Waals surface area contributed by atoms with E-state index in [9.17, 15) is 13.8 Å². The van der Waals surface area contributed by atoms with Gasteiger partial charge < -0.3 is 4.55 Å². The van der Waals surface area contributed by atoms with Crippen LogP contribution in [-0.2, 0) is 15.9 Å². The van der Waals surface area contributed by atoms with Crippen molar-refractivity contribution in [3.8, 4) is 0 Å². The van der Waals surface area contributed by atoms with E-state index in [0.717, 1.165) is 6.08 Å². The Morgan fingerprint density at radius 2 is 1.87 bits per heavy atom. The van der Waals surface area contributed by atoms with Gasteiger partial charge in [0.25, 0.3) is 0 Å². The SMILES string of the molecule is O=C1C=Cc2c(cccc2S(=O)O)C1=O. The van der Waals surface area contributed by atoms with Gasteiger partial charge in [-0.2, -0.15) is 0 Å². The van der Waals surface area contributed by atoms with Crippen LogP contribution in [-0.4, -0.2) is 20.3 Å². The number of hydrogen-bond acceptors (Lipinski definition) is 3. The Bertz CT molecular complexity index is 516. The molecular formula is C10H6O4S. The molecule has 1 aliphatic carbocycles. The van der Waals surface area contributed by atoms with Crippen LogP contribution in [0.3, 0.4) is 0 Å². The highest BCUT2D eigenvalue weighted by Crippen LogP contribution is 2.23. The molecule has 0 radical (unpaired) electrons. The van der Waals surface area contributed by atoms with Gasteiger partial charge in [0.1, 0.15) is 0 Å². The zero-order valence-corrected chi connectivity index (χ0v) is 8.28. The molecule has 76 valence electrons. The maximum absolute atomic E-state index is 11.4. The number of Topliss-reactive ketones (excluding diaryl/α,β-unsaturated/α-hetero) is 1. The molecule has 1 N–H and O–H groups in total. The molecule has 4 nitrogen and oxygen atoms in total. The number of carbonyl (C=O) groups excluding carboxylic acids is 2. The minimum Gasteiger partial charge on any atom is -0.302 e. The fraction of sp³-hybridized carbons (Fsp3) is 0. The molecule has 0 bridgehead atoms. The Balaban J connectivity index is 2.72. The van der Waals surface area contributed by atoms with Gasteiger partial charge in [-0.3, -0.25) is 9.59 Å². The van der Waals surface area contributed by atoms with Crippen molar-refractivity contribution in [1.82, 2.24) is 0 Å². The molecule has 1 aliphatic rings. The average molecular weight is 222 g/mol. The fourth-order valence-corrected chi connectivity index (χ4v) is 1.99. The third-order valence-corrected chi connectivity index (χ3v) is 2.86. The third-order valence-electron chi connectivity index (χ3n) is 2.12. The molecule has 0 aromatic heterocycles. The lowest BCUT2D eigenvalue weighted by molar-refractivity contribution is -0.110. The maximum Gasteiger partial charge on any atom is 0.233 e. The molecule has 1 atom stereocenters. The van der Waals surface area contributed by atoms with Crippen LogP contribution in [0.2, 0.25) is 0 Å². The van der Waals surface area contributed by atoms with E-state index in [2.05, 4.69) is 0 Å². The van der Waals surface area contributed by atoms with Crippen LogP contribution >= 0.6 is 0 Å². The lowest BCUT2D eigenvalue weighted by Gasteiger charge is -2.10. The zero-order valence-electron chi connectivity index (χ0n) is 7.47.